The highest BCUT2D eigenvalue weighted by atomic mass is 79.9. The van der Waals surface area contributed by atoms with Gasteiger partial charge in [-0.05, 0) is 38.1 Å². The minimum atomic E-state index is -3.40. The molecule has 1 aliphatic rings. The van der Waals surface area contributed by atoms with Crippen LogP contribution in [0.1, 0.15) is 19.4 Å². The largest absolute Gasteiger partial charge is 0.298 e. The average Bonchev–Trinajstić information content (AvgIpc) is 2.41. The van der Waals surface area contributed by atoms with Gasteiger partial charge in [0, 0.05) is 30.1 Å². The van der Waals surface area contributed by atoms with Crippen molar-refractivity contribution in [3.05, 3.63) is 28.2 Å². The molecule has 0 aliphatic carbocycles. The van der Waals surface area contributed by atoms with Crippen molar-refractivity contribution in [2.75, 3.05) is 26.2 Å². The number of aryl methyl sites for hydroxylation is 1. The molecule has 0 saturated carbocycles. The fraction of sp³-hybridized carbons (Fsp3) is 0.571. The van der Waals surface area contributed by atoms with Gasteiger partial charge in [-0.2, -0.15) is 4.31 Å². The van der Waals surface area contributed by atoms with E-state index < -0.39 is 10.0 Å². The third-order valence-electron chi connectivity index (χ3n) is 3.90. The number of piperazine rings is 1. The van der Waals surface area contributed by atoms with E-state index in [0.717, 1.165) is 23.1 Å². The molecule has 1 aliphatic heterocycles. The number of sulfonamides is 1. The van der Waals surface area contributed by atoms with Gasteiger partial charge < -0.3 is 0 Å². The van der Waals surface area contributed by atoms with E-state index in [-0.39, 0.29) is 6.04 Å². The van der Waals surface area contributed by atoms with Crippen LogP contribution < -0.4 is 0 Å². The highest BCUT2D eigenvalue weighted by Gasteiger charge is 2.32. The second-order valence-corrected chi connectivity index (χ2v) is 8.07. The smallest absolute Gasteiger partial charge is 0.243 e. The molecule has 1 unspecified atom stereocenters. The quantitative estimate of drug-likeness (QED) is 0.831. The van der Waals surface area contributed by atoms with Crippen molar-refractivity contribution in [3.63, 3.8) is 0 Å². The fourth-order valence-electron chi connectivity index (χ4n) is 2.64. The van der Waals surface area contributed by atoms with E-state index in [9.17, 15) is 8.42 Å². The summed E-state index contributed by atoms with van der Waals surface area (Å²) in [6.45, 7) is 8.91. The topological polar surface area (TPSA) is 40.6 Å². The summed E-state index contributed by atoms with van der Waals surface area (Å²) in [6, 6.07) is 5.66. The molecule has 1 fully saturated rings. The Morgan fingerprint density at radius 1 is 1.35 bits per heavy atom. The minimum absolute atomic E-state index is 0.260. The summed E-state index contributed by atoms with van der Waals surface area (Å²) in [7, 11) is -3.40. The first-order valence-corrected chi connectivity index (χ1v) is 9.10. The Morgan fingerprint density at radius 2 is 2.05 bits per heavy atom. The van der Waals surface area contributed by atoms with Gasteiger partial charge in [0.25, 0.3) is 0 Å². The summed E-state index contributed by atoms with van der Waals surface area (Å²) in [4.78, 5) is 2.71. The molecule has 1 saturated heterocycles. The van der Waals surface area contributed by atoms with Crippen LogP contribution in [0.2, 0.25) is 0 Å². The molecule has 0 N–H and O–H groups in total. The van der Waals surface area contributed by atoms with Crippen LogP contribution in [0.5, 0.6) is 0 Å². The standard InChI is InChI=1S/C14H21BrN2O2S/c1-4-16-7-8-17(10-12(16)3)20(18,19)14-9-13(15)6-5-11(14)2/h5-6,9,12H,4,7-8,10H2,1-3H3. The summed E-state index contributed by atoms with van der Waals surface area (Å²) in [6.07, 6.45) is 0. The summed E-state index contributed by atoms with van der Waals surface area (Å²) in [5.41, 5.74) is 0.791. The molecule has 1 heterocycles. The van der Waals surface area contributed by atoms with E-state index in [1.165, 1.54) is 0 Å². The van der Waals surface area contributed by atoms with Gasteiger partial charge in [0.1, 0.15) is 0 Å². The number of hydrogen-bond acceptors (Lipinski definition) is 3. The van der Waals surface area contributed by atoms with Gasteiger partial charge in [0.2, 0.25) is 10.0 Å². The lowest BCUT2D eigenvalue weighted by atomic mass is 10.2. The number of benzene rings is 1. The lowest BCUT2D eigenvalue weighted by molar-refractivity contribution is 0.135. The predicted octanol–water partition coefficient (Wildman–Crippen LogP) is 2.47. The molecule has 112 valence electrons. The number of rotatable bonds is 3. The second-order valence-electron chi connectivity index (χ2n) is 5.25. The highest BCUT2D eigenvalue weighted by Crippen LogP contribution is 2.25. The van der Waals surface area contributed by atoms with Crippen molar-refractivity contribution in [1.82, 2.24) is 9.21 Å². The molecule has 1 aromatic rings. The van der Waals surface area contributed by atoms with Crippen molar-refractivity contribution < 1.29 is 8.42 Å². The third-order valence-corrected chi connectivity index (χ3v) is 6.40. The Morgan fingerprint density at radius 3 is 2.65 bits per heavy atom. The van der Waals surface area contributed by atoms with E-state index >= 15 is 0 Å². The molecular formula is C14H21BrN2O2S. The zero-order valence-corrected chi connectivity index (χ0v) is 14.5. The van der Waals surface area contributed by atoms with E-state index in [0.29, 0.717) is 18.0 Å². The molecule has 0 amide bonds. The molecule has 0 bridgehead atoms. The van der Waals surface area contributed by atoms with Gasteiger partial charge in [-0.3, -0.25) is 4.90 Å². The van der Waals surface area contributed by atoms with Crippen LogP contribution in [0, 0.1) is 6.92 Å². The van der Waals surface area contributed by atoms with Crippen LogP contribution in [0.25, 0.3) is 0 Å². The lowest BCUT2D eigenvalue weighted by Crippen LogP contribution is -2.53. The van der Waals surface area contributed by atoms with Crippen LogP contribution in [-0.2, 0) is 10.0 Å². The first-order valence-electron chi connectivity index (χ1n) is 6.86. The molecular weight excluding hydrogens is 340 g/mol. The number of likely N-dealkylation sites (N-methyl/N-ethyl adjacent to an activating group) is 1. The Labute approximate surface area is 129 Å². The van der Waals surface area contributed by atoms with Crippen LogP contribution in [0.3, 0.4) is 0 Å². The monoisotopic (exact) mass is 360 g/mol. The summed E-state index contributed by atoms with van der Waals surface area (Å²) in [5, 5.41) is 0. The van der Waals surface area contributed by atoms with E-state index in [4.69, 9.17) is 0 Å². The van der Waals surface area contributed by atoms with Crippen molar-refractivity contribution in [2.24, 2.45) is 0 Å². The highest BCUT2D eigenvalue weighted by molar-refractivity contribution is 9.10. The van der Waals surface area contributed by atoms with Gasteiger partial charge in [-0.25, -0.2) is 8.42 Å². The molecule has 6 heteroatoms. The van der Waals surface area contributed by atoms with Crippen LogP contribution in [0.4, 0.5) is 0 Å². The zero-order valence-electron chi connectivity index (χ0n) is 12.1. The van der Waals surface area contributed by atoms with Gasteiger partial charge >= 0.3 is 0 Å². The maximum absolute atomic E-state index is 12.8. The minimum Gasteiger partial charge on any atom is -0.298 e. The van der Waals surface area contributed by atoms with E-state index in [2.05, 4.69) is 34.7 Å². The first kappa shape index (κ1) is 15.9. The van der Waals surface area contributed by atoms with Gasteiger partial charge in [-0.15, -0.1) is 0 Å². The SMILES string of the molecule is CCN1CCN(S(=O)(=O)c2cc(Br)ccc2C)CC1C. The Bertz CT molecular complexity index is 589. The summed E-state index contributed by atoms with van der Waals surface area (Å²) < 4.78 is 28.0. The molecule has 1 aromatic carbocycles. The molecule has 4 nitrogen and oxygen atoms in total. The number of halogens is 1. The molecule has 0 radical (unpaired) electrons. The molecule has 0 spiro atoms. The molecule has 2 rings (SSSR count). The Hall–Kier alpha value is -0.430. The maximum Gasteiger partial charge on any atom is 0.243 e. The average molecular weight is 361 g/mol. The fourth-order valence-corrected chi connectivity index (χ4v) is 4.92. The van der Waals surface area contributed by atoms with Gasteiger partial charge in [-0.1, -0.05) is 28.9 Å². The van der Waals surface area contributed by atoms with Crippen LogP contribution in [-0.4, -0.2) is 49.8 Å². The van der Waals surface area contributed by atoms with Gasteiger partial charge in [0.15, 0.2) is 0 Å². The summed E-state index contributed by atoms with van der Waals surface area (Å²) >= 11 is 3.35. The van der Waals surface area contributed by atoms with E-state index in [1.54, 1.807) is 10.4 Å². The lowest BCUT2D eigenvalue weighted by Gasteiger charge is -2.38. The van der Waals surface area contributed by atoms with Crippen molar-refractivity contribution in [2.45, 2.75) is 31.7 Å². The van der Waals surface area contributed by atoms with Crippen molar-refractivity contribution >= 4 is 26.0 Å². The predicted molar refractivity (Wildman–Crippen MR) is 84.3 cm³/mol. The molecule has 0 aromatic heterocycles. The van der Waals surface area contributed by atoms with Crippen molar-refractivity contribution in [3.8, 4) is 0 Å². The van der Waals surface area contributed by atoms with Crippen LogP contribution >= 0.6 is 15.9 Å². The van der Waals surface area contributed by atoms with Crippen LogP contribution in [0.15, 0.2) is 27.6 Å². The molecule has 20 heavy (non-hydrogen) atoms. The van der Waals surface area contributed by atoms with E-state index in [1.807, 2.05) is 19.1 Å². The Kier molecular flexibility index (Phi) is 4.89. The number of nitrogens with zero attached hydrogens (tertiary/aromatic N) is 2. The van der Waals surface area contributed by atoms with Gasteiger partial charge in [0.05, 0.1) is 4.90 Å². The second kappa shape index (κ2) is 6.13. The third kappa shape index (κ3) is 3.08. The Balaban J connectivity index is 2.30. The first-order chi connectivity index (χ1) is 9.36. The maximum atomic E-state index is 12.8. The molecule has 1 atom stereocenters. The number of hydrogen-bond donors (Lipinski definition) is 0. The zero-order chi connectivity index (χ0) is 14.9. The normalized spacial score (nSPS) is 22.1. The summed E-state index contributed by atoms with van der Waals surface area (Å²) in [5.74, 6) is 0. The van der Waals surface area contributed by atoms with Crippen molar-refractivity contribution in [1.29, 1.82) is 0 Å².